The minimum absolute atomic E-state index is 0.128. The van der Waals surface area contributed by atoms with Crippen LogP contribution in [-0.4, -0.2) is 46.9 Å². The molecule has 1 fully saturated rings. The fraction of sp³-hybridized carbons (Fsp3) is 0.571. The normalized spacial score (nSPS) is 16.2. The molecule has 0 bridgehead atoms. The van der Waals surface area contributed by atoms with E-state index in [4.69, 9.17) is 5.73 Å². The summed E-state index contributed by atoms with van der Waals surface area (Å²) in [4.78, 5) is 21.7. The Morgan fingerprint density at radius 1 is 1.35 bits per heavy atom. The number of rotatable bonds is 3. The van der Waals surface area contributed by atoms with Crippen molar-refractivity contribution in [2.45, 2.75) is 27.3 Å². The summed E-state index contributed by atoms with van der Waals surface area (Å²) in [6, 6.07) is 0. The van der Waals surface area contributed by atoms with E-state index in [1.807, 2.05) is 25.7 Å². The van der Waals surface area contributed by atoms with Gasteiger partial charge in [-0.3, -0.25) is 9.69 Å². The van der Waals surface area contributed by atoms with Crippen molar-refractivity contribution in [3.8, 4) is 0 Å². The van der Waals surface area contributed by atoms with Crippen LogP contribution in [0.3, 0.4) is 0 Å². The predicted molar refractivity (Wildman–Crippen MR) is 82.6 cm³/mol. The van der Waals surface area contributed by atoms with Crippen LogP contribution in [0.25, 0.3) is 0 Å². The van der Waals surface area contributed by atoms with Crippen LogP contribution in [0.4, 0.5) is 5.13 Å². The Morgan fingerprint density at radius 3 is 2.50 bits per heavy atom. The maximum Gasteiger partial charge on any atom is 0.246 e. The minimum atomic E-state index is 0.128. The number of aryl methyl sites for hydroxylation is 1. The quantitative estimate of drug-likeness (QED) is 0.861. The second-order valence-electron chi connectivity index (χ2n) is 5.38. The molecule has 0 radical (unpaired) electrons. The van der Waals surface area contributed by atoms with E-state index in [-0.39, 0.29) is 5.91 Å². The molecule has 5 nitrogen and oxygen atoms in total. The summed E-state index contributed by atoms with van der Waals surface area (Å²) in [5, 5.41) is 0.634. The first-order chi connectivity index (χ1) is 9.45. The van der Waals surface area contributed by atoms with Crippen molar-refractivity contribution in [2.75, 3.05) is 31.9 Å². The van der Waals surface area contributed by atoms with E-state index in [1.165, 1.54) is 4.88 Å². The van der Waals surface area contributed by atoms with Gasteiger partial charge in [0.2, 0.25) is 5.91 Å². The SMILES string of the molecule is CC(C)=CC(=O)N1CCN(Cc2sc(N)nc2C)CC1. The first kappa shape index (κ1) is 15.0. The van der Waals surface area contributed by atoms with Crippen LogP contribution in [0, 0.1) is 6.92 Å². The number of carbonyl (C=O) groups is 1. The molecule has 1 aromatic rings. The van der Waals surface area contributed by atoms with E-state index in [2.05, 4.69) is 9.88 Å². The fourth-order valence-electron chi connectivity index (χ4n) is 2.26. The monoisotopic (exact) mass is 294 g/mol. The summed E-state index contributed by atoms with van der Waals surface area (Å²) in [7, 11) is 0. The number of hydrogen-bond acceptors (Lipinski definition) is 5. The van der Waals surface area contributed by atoms with Gasteiger partial charge in [-0.1, -0.05) is 5.57 Å². The highest BCUT2D eigenvalue weighted by Gasteiger charge is 2.21. The number of carbonyl (C=O) groups excluding carboxylic acids is 1. The molecule has 2 heterocycles. The number of allylic oxidation sites excluding steroid dienone is 1. The lowest BCUT2D eigenvalue weighted by Crippen LogP contribution is -2.47. The van der Waals surface area contributed by atoms with E-state index in [0.717, 1.165) is 44.0 Å². The number of anilines is 1. The maximum atomic E-state index is 11.9. The molecular weight excluding hydrogens is 272 g/mol. The van der Waals surface area contributed by atoms with Gasteiger partial charge in [0.05, 0.1) is 5.69 Å². The standard InChI is InChI=1S/C14H22N4OS/c1-10(2)8-13(19)18-6-4-17(5-7-18)9-12-11(3)16-14(15)20-12/h8H,4-7,9H2,1-3H3,(H2,15,16). The fourth-order valence-corrected chi connectivity index (χ4v) is 3.14. The molecule has 0 spiro atoms. The van der Waals surface area contributed by atoms with E-state index >= 15 is 0 Å². The first-order valence-corrected chi connectivity index (χ1v) is 7.65. The molecule has 1 aliphatic rings. The van der Waals surface area contributed by atoms with E-state index in [9.17, 15) is 4.79 Å². The second kappa shape index (κ2) is 6.37. The van der Waals surface area contributed by atoms with Crippen molar-refractivity contribution in [2.24, 2.45) is 0 Å². The average molecular weight is 294 g/mol. The Labute approximate surface area is 124 Å². The van der Waals surface area contributed by atoms with Gasteiger partial charge in [-0.15, -0.1) is 11.3 Å². The lowest BCUT2D eigenvalue weighted by molar-refractivity contribution is -0.127. The largest absolute Gasteiger partial charge is 0.375 e. The molecule has 1 aliphatic heterocycles. The zero-order valence-electron chi connectivity index (χ0n) is 12.3. The molecule has 1 aromatic heterocycles. The summed E-state index contributed by atoms with van der Waals surface area (Å²) < 4.78 is 0. The number of amides is 1. The third-order valence-corrected chi connectivity index (χ3v) is 4.34. The lowest BCUT2D eigenvalue weighted by Gasteiger charge is -2.34. The maximum absolute atomic E-state index is 11.9. The first-order valence-electron chi connectivity index (χ1n) is 6.83. The highest BCUT2D eigenvalue weighted by Crippen LogP contribution is 2.22. The Kier molecular flexibility index (Phi) is 4.77. The van der Waals surface area contributed by atoms with Crippen LogP contribution in [-0.2, 0) is 11.3 Å². The molecule has 1 saturated heterocycles. The van der Waals surface area contributed by atoms with E-state index < -0.39 is 0 Å². The van der Waals surface area contributed by atoms with E-state index in [1.54, 1.807) is 17.4 Å². The van der Waals surface area contributed by atoms with Gasteiger partial charge in [-0.2, -0.15) is 0 Å². The summed E-state index contributed by atoms with van der Waals surface area (Å²) >= 11 is 1.56. The van der Waals surface area contributed by atoms with Gasteiger partial charge in [-0.05, 0) is 20.8 Å². The van der Waals surface area contributed by atoms with Crippen LogP contribution >= 0.6 is 11.3 Å². The van der Waals surface area contributed by atoms with Crippen molar-refractivity contribution in [1.29, 1.82) is 0 Å². The highest BCUT2D eigenvalue weighted by atomic mass is 32.1. The number of piperazine rings is 1. The molecule has 0 aliphatic carbocycles. The van der Waals surface area contributed by atoms with Gasteiger partial charge in [-0.25, -0.2) is 4.98 Å². The minimum Gasteiger partial charge on any atom is -0.375 e. The molecular formula is C14H22N4OS. The van der Waals surface area contributed by atoms with Gasteiger partial charge in [0.15, 0.2) is 5.13 Å². The summed E-state index contributed by atoms with van der Waals surface area (Å²) in [6.07, 6.45) is 1.71. The van der Waals surface area contributed by atoms with Gasteiger partial charge >= 0.3 is 0 Å². The predicted octanol–water partition coefficient (Wildman–Crippen LogP) is 1.64. The number of nitrogen functional groups attached to an aromatic ring is 1. The molecule has 6 heteroatoms. The van der Waals surface area contributed by atoms with Crippen molar-refractivity contribution in [3.63, 3.8) is 0 Å². The van der Waals surface area contributed by atoms with Crippen LogP contribution in [0.5, 0.6) is 0 Å². The molecule has 20 heavy (non-hydrogen) atoms. The smallest absolute Gasteiger partial charge is 0.246 e. The van der Waals surface area contributed by atoms with Crippen molar-refractivity contribution in [1.82, 2.24) is 14.8 Å². The van der Waals surface area contributed by atoms with Crippen LogP contribution < -0.4 is 5.73 Å². The Bertz CT molecular complexity index is 511. The molecule has 2 N–H and O–H groups in total. The molecule has 1 amide bonds. The Morgan fingerprint density at radius 2 is 2.00 bits per heavy atom. The zero-order valence-corrected chi connectivity index (χ0v) is 13.2. The van der Waals surface area contributed by atoms with E-state index in [0.29, 0.717) is 5.13 Å². The van der Waals surface area contributed by atoms with Crippen LogP contribution in [0.15, 0.2) is 11.6 Å². The zero-order chi connectivity index (χ0) is 14.7. The average Bonchev–Trinajstić information content (AvgIpc) is 2.68. The molecule has 0 saturated carbocycles. The second-order valence-corrected chi connectivity index (χ2v) is 6.50. The van der Waals surface area contributed by atoms with Crippen molar-refractivity contribution >= 4 is 22.4 Å². The highest BCUT2D eigenvalue weighted by molar-refractivity contribution is 7.15. The number of thiazole rings is 1. The topological polar surface area (TPSA) is 62.5 Å². The third kappa shape index (κ3) is 3.80. The third-order valence-electron chi connectivity index (χ3n) is 3.37. The molecule has 0 unspecified atom stereocenters. The number of hydrogen-bond donors (Lipinski definition) is 1. The van der Waals surface area contributed by atoms with Gasteiger partial charge in [0.25, 0.3) is 0 Å². The van der Waals surface area contributed by atoms with Crippen LogP contribution in [0.2, 0.25) is 0 Å². The molecule has 2 rings (SSSR count). The number of nitrogens with two attached hydrogens (primary N) is 1. The number of nitrogens with zero attached hydrogens (tertiary/aromatic N) is 3. The van der Waals surface area contributed by atoms with Gasteiger partial charge < -0.3 is 10.6 Å². The summed E-state index contributed by atoms with van der Waals surface area (Å²) in [5.41, 5.74) is 7.80. The number of aromatic nitrogens is 1. The Hall–Kier alpha value is -1.40. The molecule has 0 atom stereocenters. The molecule has 110 valence electrons. The lowest BCUT2D eigenvalue weighted by atomic mass is 10.2. The van der Waals surface area contributed by atoms with Crippen molar-refractivity contribution in [3.05, 3.63) is 22.2 Å². The Balaban J connectivity index is 1.87. The molecule has 0 aromatic carbocycles. The summed E-state index contributed by atoms with van der Waals surface area (Å²) in [5.74, 6) is 0.128. The van der Waals surface area contributed by atoms with Crippen molar-refractivity contribution < 1.29 is 4.79 Å². The van der Waals surface area contributed by atoms with Crippen LogP contribution in [0.1, 0.15) is 24.4 Å². The van der Waals surface area contributed by atoms with Gasteiger partial charge in [0, 0.05) is 43.7 Å². The van der Waals surface area contributed by atoms with Gasteiger partial charge in [0.1, 0.15) is 0 Å². The summed E-state index contributed by atoms with van der Waals surface area (Å²) in [6.45, 7) is 10.2.